The Kier molecular flexibility index (Phi) is 9.37. The van der Waals surface area contributed by atoms with Crippen LogP contribution in [-0.4, -0.2) is 14.9 Å². The molecule has 0 aromatic carbocycles. The zero-order chi connectivity index (χ0) is 14.9. The molecule has 0 aliphatic rings. The Morgan fingerprint density at radius 2 is 1.47 bits per heavy atom. The number of allylic oxidation sites excluding steroid dienone is 3. The number of unbranched alkanes of at least 4 members (excludes halogenated alkanes) is 2. The molecule has 0 heterocycles. The number of rotatable bonds is 10. The SMILES string of the molecule is C=C/C=C/CCCCO[Si](C(C)C)(C(C)C)C(C)C. The summed E-state index contributed by atoms with van der Waals surface area (Å²) in [6, 6.07) is 0. The molecule has 0 radical (unpaired) electrons. The summed E-state index contributed by atoms with van der Waals surface area (Å²) in [6.45, 7) is 18.7. The van der Waals surface area contributed by atoms with E-state index in [4.69, 9.17) is 4.43 Å². The van der Waals surface area contributed by atoms with Crippen LogP contribution in [-0.2, 0) is 4.43 Å². The standard InChI is InChI=1S/C17H34OSi/c1-8-9-10-11-12-13-14-18-19(15(2)3,16(4)5)17(6)7/h8-10,15-17H,1,11-14H2,2-7H3/b10-9+. The summed E-state index contributed by atoms with van der Waals surface area (Å²) >= 11 is 0. The second-order valence-electron chi connectivity index (χ2n) is 6.33. The van der Waals surface area contributed by atoms with E-state index in [2.05, 4.69) is 54.2 Å². The van der Waals surface area contributed by atoms with Gasteiger partial charge in [-0.15, -0.1) is 0 Å². The fourth-order valence-corrected chi connectivity index (χ4v) is 8.80. The molecule has 0 saturated carbocycles. The van der Waals surface area contributed by atoms with Crippen molar-refractivity contribution in [3.05, 3.63) is 24.8 Å². The first-order valence-electron chi connectivity index (χ1n) is 7.81. The summed E-state index contributed by atoms with van der Waals surface area (Å²) in [5.74, 6) is 0. The second-order valence-corrected chi connectivity index (χ2v) is 11.8. The van der Waals surface area contributed by atoms with Gasteiger partial charge in [0.25, 0.3) is 0 Å². The van der Waals surface area contributed by atoms with Gasteiger partial charge in [0, 0.05) is 6.61 Å². The minimum absolute atomic E-state index is 0.688. The molecule has 0 spiro atoms. The van der Waals surface area contributed by atoms with Crippen LogP contribution >= 0.6 is 0 Å². The average Bonchev–Trinajstić information content (AvgIpc) is 2.31. The highest BCUT2D eigenvalue weighted by Gasteiger charge is 2.44. The second kappa shape index (κ2) is 9.54. The van der Waals surface area contributed by atoms with Crippen LogP contribution in [0.2, 0.25) is 16.6 Å². The highest BCUT2D eigenvalue weighted by atomic mass is 28.4. The highest BCUT2D eigenvalue weighted by Crippen LogP contribution is 2.42. The fraction of sp³-hybridized carbons (Fsp3) is 0.765. The predicted molar refractivity (Wildman–Crippen MR) is 90.2 cm³/mol. The summed E-state index contributed by atoms with van der Waals surface area (Å²) < 4.78 is 6.52. The molecule has 0 fully saturated rings. The van der Waals surface area contributed by atoms with Crippen molar-refractivity contribution in [2.24, 2.45) is 0 Å². The molecule has 0 N–H and O–H groups in total. The minimum atomic E-state index is -1.64. The van der Waals surface area contributed by atoms with E-state index >= 15 is 0 Å². The lowest BCUT2D eigenvalue weighted by Gasteiger charge is -2.42. The van der Waals surface area contributed by atoms with Gasteiger partial charge in [0.05, 0.1) is 0 Å². The lowest BCUT2D eigenvalue weighted by Crippen LogP contribution is -2.47. The van der Waals surface area contributed by atoms with Crippen LogP contribution in [0, 0.1) is 0 Å². The quantitative estimate of drug-likeness (QED) is 0.267. The third-order valence-electron chi connectivity index (χ3n) is 4.10. The van der Waals surface area contributed by atoms with Crippen LogP contribution < -0.4 is 0 Å². The molecular weight excluding hydrogens is 248 g/mol. The fourth-order valence-electron chi connectivity index (χ4n) is 3.31. The Morgan fingerprint density at radius 1 is 0.947 bits per heavy atom. The predicted octanol–water partition coefficient (Wildman–Crippen LogP) is 6.09. The first-order chi connectivity index (χ1) is 8.89. The number of hydrogen-bond donors (Lipinski definition) is 0. The molecule has 0 unspecified atom stereocenters. The highest BCUT2D eigenvalue weighted by molar-refractivity contribution is 6.77. The molecule has 0 aromatic heterocycles. The molecule has 0 amide bonds. The van der Waals surface area contributed by atoms with Crippen molar-refractivity contribution in [3.63, 3.8) is 0 Å². The van der Waals surface area contributed by atoms with E-state index in [-0.39, 0.29) is 0 Å². The molecule has 0 aliphatic carbocycles. The van der Waals surface area contributed by atoms with E-state index in [1.54, 1.807) is 0 Å². The molecule has 0 atom stereocenters. The summed E-state index contributed by atoms with van der Waals surface area (Å²) in [6.07, 6.45) is 9.56. The zero-order valence-corrected chi connectivity index (χ0v) is 14.9. The monoisotopic (exact) mass is 282 g/mol. The van der Waals surface area contributed by atoms with Gasteiger partial charge in [-0.1, -0.05) is 66.3 Å². The van der Waals surface area contributed by atoms with Gasteiger partial charge >= 0.3 is 0 Å². The maximum absolute atomic E-state index is 6.52. The maximum atomic E-state index is 6.52. The summed E-state index contributed by atoms with van der Waals surface area (Å²) in [5, 5.41) is 0. The van der Waals surface area contributed by atoms with Crippen molar-refractivity contribution in [2.75, 3.05) is 6.61 Å². The first kappa shape index (κ1) is 18.7. The van der Waals surface area contributed by atoms with Gasteiger partial charge in [-0.05, 0) is 35.9 Å². The van der Waals surface area contributed by atoms with Crippen molar-refractivity contribution >= 4 is 8.32 Å². The van der Waals surface area contributed by atoms with Gasteiger partial charge < -0.3 is 4.43 Å². The van der Waals surface area contributed by atoms with E-state index in [9.17, 15) is 0 Å². The first-order valence-corrected chi connectivity index (χ1v) is 9.95. The van der Waals surface area contributed by atoms with Crippen molar-refractivity contribution in [1.29, 1.82) is 0 Å². The van der Waals surface area contributed by atoms with Gasteiger partial charge in [-0.25, -0.2) is 0 Å². The van der Waals surface area contributed by atoms with Crippen molar-refractivity contribution in [1.82, 2.24) is 0 Å². The molecular formula is C17H34OSi. The van der Waals surface area contributed by atoms with Gasteiger partial charge in [0.15, 0.2) is 8.32 Å². The summed E-state index contributed by atoms with van der Waals surface area (Å²) in [5.41, 5.74) is 2.06. The molecule has 112 valence electrons. The van der Waals surface area contributed by atoms with Crippen LogP contribution in [0.5, 0.6) is 0 Å². The normalized spacial score (nSPS) is 13.1. The van der Waals surface area contributed by atoms with Crippen molar-refractivity contribution in [2.45, 2.75) is 77.4 Å². The minimum Gasteiger partial charge on any atom is -0.416 e. The molecule has 19 heavy (non-hydrogen) atoms. The Hall–Kier alpha value is -0.343. The van der Waals surface area contributed by atoms with Crippen molar-refractivity contribution < 1.29 is 4.43 Å². The largest absolute Gasteiger partial charge is 0.416 e. The smallest absolute Gasteiger partial charge is 0.200 e. The maximum Gasteiger partial charge on any atom is 0.200 e. The summed E-state index contributed by atoms with van der Waals surface area (Å²) in [4.78, 5) is 0. The summed E-state index contributed by atoms with van der Waals surface area (Å²) in [7, 11) is -1.64. The Bertz CT molecular complexity index is 245. The Labute approximate surface area is 122 Å². The lowest BCUT2D eigenvalue weighted by molar-refractivity contribution is 0.269. The van der Waals surface area contributed by atoms with E-state index in [1.165, 1.54) is 12.8 Å². The third kappa shape index (κ3) is 5.66. The van der Waals surface area contributed by atoms with E-state index in [0.29, 0.717) is 16.6 Å². The average molecular weight is 283 g/mol. The van der Waals surface area contributed by atoms with E-state index in [1.807, 2.05) is 12.2 Å². The van der Waals surface area contributed by atoms with Crippen LogP contribution in [0.4, 0.5) is 0 Å². The van der Waals surface area contributed by atoms with E-state index in [0.717, 1.165) is 13.0 Å². The molecule has 0 aromatic rings. The van der Waals surface area contributed by atoms with Gasteiger partial charge in [0.2, 0.25) is 0 Å². The molecule has 0 saturated heterocycles. The van der Waals surface area contributed by atoms with Gasteiger partial charge in [0.1, 0.15) is 0 Å². The number of hydrogen-bond acceptors (Lipinski definition) is 1. The van der Waals surface area contributed by atoms with Crippen LogP contribution in [0.15, 0.2) is 24.8 Å². The lowest BCUT2D eigenvalue weighted by atomic mass is 10.2. The molecule has 0 bridgehead atoms. The third-order valence-corrected chi connectivity index (χ3v) is 10.2. The zero-order valence-electron chi connectivity index (χ0n) is 13.9. The molecule has 2 heteroatoms. The molecule has 0 aliphatic heterocycles. The Morgan fingerprint density at radius 3 is 1.89 bits per heavy atom. The van der Waals surface area contributed by atoms with Crippen LogP contribution in [0.1, 0.15) is 60.8 Å². The van der Waals surface area contributed by atoms with E-state index < -0.39 is 8.32 Å². The topological polar surface area (TPSA) is 9.23 Å². The van der Waals surface area contributed by atoms with Crippen LogP contribution in [0.25, 0.3) is 0 Å². The van der Waals surface area contributed by atoms with Crippen molar-refractivity contribution in [3.8, 4) is 0 Å². The van der Waals surface area contributed by atoms with Gasteiger partial charge in [-0.3, -0.25) is 0 Å². The molecule has 1 nitrogen and oxygen atoms in total. The van der Waals surface area contributed by atoms with Crippen LogP contribution in [0.3, 0.4) is 0 Å². The molecule has 0 rings (SSSR count). The Balaban J connectivity index is 4.28. The van der Waals surface area contributed by atoms with Gasteiger partial charge in [-0.2, -0.15) is 0 Å².